The van der Waals surface area contributed by atoms with Crippen LogP contribution in [0.2, 0.25) is 0 Å². The van der Waals surface area contributed by atoms with Crippen molar-refractivity contribution < 1.29 is 82.2 Å². The minimum absolute atomic E-state index is 0.00129. The first-order valence-corrected chi connectivity index (χ1v) is 22.2. The molecule has 19 nitrogen and oxygen atoms in total. The van der Waals surface area contributed by atoms with Crippen LogP contribution in [0.25, 0.3) is 0 Å². The maximum absolute atomic E-state index is 14.2. The summed E-state index contributed by atoms with van der Waals surface area (Å²) in [5, 5.41) is 46.6. The van der Waals surface area contributed by atoms with Gasteiger partial charge in [0, 0.05) is 34.2 Å². The van der Waals surface area contributed by atoms with Gasteiger partial charge < -0.3 is 77.8 Å². The fraction of sp³-hybridized carbons (Fsp3) is 0.821. The number of thioether (sulfide) groups is 2. The molecule has 4 saturated heterocycles. The highest BCUT2D eigenvalue weighted by Gasteiger charge is 2.49. The van der Waals surface area contributed by atoms with Gasteiger partial charge in [-0.15, -0.1) is 11.8 Å². The van der Waals surface area contributed by atoms with Crippen LogP contribution in [0, 0.1) is 6.92 Å². The molecule has 0 saturated carbocycles. The van der Waals surface area contributed by atoms with E-state index in [0.29, 0.717) is 23.5 Å². The quantitative estimate of drug-likeness (QED) is 0.0950. The number of hydrogen-bond donors (Lipinski definition) is 6. The fourth-order valence-corrected chi connectivity index (χ4v) is 9.95. The van der Waals surface area contributed by atoms with Crippen LogP contribution < -0.4 is 25.0 Å². The molecule has 4 aliphatic heterocycles. The molecule has 17 atom stereocenters. The SMILES string of the molecule is CCN[C@H]1CO[C@@H](O[C@H]2[C@H](OC)O[C@H](C)[C@@H](NO[C@H]3C[C@H](O)[C@H](SC(=O)c4c(C)c(SC)c(O[C@@H]5O[C@@H](C)[C@H](O)[C@@H](OC)[C@H]5O)c(OC)c4OC)[C@@H](C)O3)[C@@H]2O)C[C@@H]1OC. The number of aliphatic hydroxyl groups excluding tert-OH is 4. The van der Waals surface area contributed by atoms with Crippen molar-refractivity contribution in [1.82, 2.24) is 10.8 Å². The van der Waals surface area contributed by atoms with Gasteiger partial charge in [0.1, 0.15) is 30.5 Å². The Morgan fingerprint density at radius 1 is 0.800 bits per heavy atom. The third-order valence-electron chi connectivity index (χ3n) is 11.4. The van der Waals surface area contributed by atoms with Crippen LogP contribution in [0.5, 0.6) is 17.2 Å². The second-order valence-corrected chi connectivity index (χ2v) is 17.1. The van der Waals surface area contributed by atoms with Crippen molar-refractivity contribution in [2.24, 2.45) is 0 Å². The van der Waals surface area contributed by atoms with Gasteiger partial charge >= 0.3 is 0 Å². The molecule has 1 aromatic carbocycles. The summed E-state index contributed by atoms with van der Waals surface area (Å²) in [6, 6.07) is -0.798. The number of rotatable bonds is 17. The first kappa shape index (κ1) is 49.4. The Morgan fingerprint density at radius 3 is 2.10 bits per heavy atom. The first-order valence-electron chi connectivity index (χ1n) is 20.1. The molecule has 0 amide bonds. The van der Waals surface area contributed by atoms with Crippen molar-refractivity contribution in [1.29, 1.82) is 0 Å². The number of ether oxygens (including phenoxy) is 11. The molecule has 344 valence electrons. The fourth-order valence-electron chi connectivity index (χ4n) is 8.09. The van der Waals surface area contributed by atoms with E-state index in [4.69, 9.17) is 56.9 Å². The number of hydrogen-bond acceptors (Lipinski definition) is 21. The molecule has 5 rings (SSSR count). The lowest BCUT2D eigenvalue weighted by atomic mass is 9.97. The maximum Gasteiger partial charge on any atom is 0.229 e. The molecule has 21 heteroatoms. The predicted octanol–water partition coefficient (Wildman–Crippen LogP) is 1.10. The van der Waals surface area contributed by atoms with Crippen LogP contribution in [-0.2, 0) is 42.7 Å². The number of likely N-dealkylation sites (N-methyl/N-ethyl adjacent to an activating group) is 1. The van der Waals surface area contributed by atoms with Crippen molar-refractivity contribution in [2.75, 3.05) is 55.0 Å². The van der Waals surface area contributed by atoms with E-state index in [0.717, 1.165) is 18.3 Å². The van der Waals surface area contributed by atoms with Crippen LogP contribution >= 0.6 is 23.5 Å². The summed E-state index contributed by atoms with van der Waals surface area (Å²) in [5.41, 5.74) is 3.58. The molecule has 0 spiro atoms. The van der Waals surface area contributed by atoms with Gasteiger partial charge in [-0.2, -0.15) is 5.48 Å². The zero-order valence-electron chi connectivity index (χ0n) is 36.1. The Morgan fingerprint density at radius 2 is 1.50 bits per heavy atom. The second-order valence-electron chi connectivity index (χ2n) is 15.1. The Bertz CT molecular complexity index is 1540. The van der Waals surface area contributed by atoms with Crippen molar-refractivity contribution >= 4 is 28.6 Å². The Labute approximate surface area is 359 Å². The number of methoxy groups -OCH3 is 5. The molecule has 1 aromatic rings. The minimum atomic E-state index is -1.36. The van der Waals surface area contributed by atoms with E-state index in [1.54, 1.807) is 41.1 Å². The van der Waals surface area contributed by atoms with Crippen molar-refractivity contribution in [2.45, 2.75) is 156 Å². The molecular weight excluding hydrogens is 833 g/mol. The number of benzene rings is 1. The van der Waals surface area contributed by atoms with E-state index < -0.39 is 96.5 Å². The highest BCUT2D eigenvalue weighted by molar-refractivity contribution is 8.14. The monoisotopic (exact) mass is 896 g/mol. The van der Waals surface area contributed by atoms with Crippen molar-refractivity contribution in [3.63, 3.8) is 0 Å². The van der Waals surface area contributed by atoms with Crippen molar-refractivity contribution in [3.05, 3.63) is 11.1 Å². The Balaban J connectivity index is 1.24. The maximum atomic E-state index is 14.2. The molecule has 4 fully saturated rings. The number of hydroxylamine groups is 1. The molecular formula is C39H64N2O17S2. The zero-order valence-corrected chi connectivity index (χ0v) is 37.7. The summed E-state index contributed by atoms with van der Waals surface area (Å²) >= 11 is 2.18. The smallest absolute Gasteiger partial charge is 0.229 e. The summed E-state index contributed by atoms with van der Waals surface area (Å²) in [6.45, 7) is 9.97. The number of carbonyl (C=O) groups is 1. The molecule has 0 unspecified atom stereocenters. The van der Waals surface area contributed by atoms with Gasteiger partial charge in [0.25, 0.3) is 0 Å². The number of aliphatic hydroxyl groups is 4. The average molecular weight is 897 g/mol. The van der Waals surface area contributed by atoms with Crippen molar-refractivity contribution in [3.8, 4) is 17.2 Å². The molecule has 60 heavy (non-hydrogen) atoms. The van der Waals surface area contributed by atoms with E-state index in [2.05, 4.69) is 10.8 Å². The van der Waals surface area contributed by atoms with E-state index in [1.165, 1.54) is 40.2 Å². The molecule has 0 radical (unpaired) electrons. The summed E-state index contributed by atoms with van der Waals surface area (Å²) in [6.07, 6.45) is -10.3. The van der Waals surface area contributed by atoms with Gasteiger partial charge in [-0.25, -0.2) is 0 Å². The highest BCUT2D eigenvalue weighted by Crippen LogP contribution is 2.51. The minimum Gasteiger partial charge on any atom is -0.492 e. The Hall–Kier alpha value is -1.61. The van der Waals surface area contributed by atoms with E-state index in [-0.39, 0.29) is 41.4 Å². The van der Waals surface area contributed by atoms with E-state index in [9.17, 15) is 25.2 Å². The zero-order chi connectivity index (χ0) is 44.0. The Kier molecular flexibility index (Phi) is 18.4. The number of nitrogens with one attached hydrogen (secondary N) is 2. The third-order valence-corrected chi connectivity index (χ3v) is 13.6. The second kappa shape index (κ2) is 22.3. The van der Waals surface area contributed by atoms with Gasteiger partial charge in [-0.1, -0.05) is 18.7 Å². The summed E-state index contributed by atoms with van der Waals surface area (Å²) in [5.74, 6) is 0.339. The molecule has 6 N–H and O–H groups in total. The highest BCUT2D eigenvalue weighted by atomic mass is 32.2. The van der Waals surface area contributed by atoms with Gasteiger partial charge in [0.05, 0.1) is 79.1 Å². The van der Waals surface area contributed by atoms with Crippen LogP contribution in [-0.4, -0.2) is 184 Å². The summed E-state index contributed by atoms with van der Waals surface area (Å²) < 4.78 is 64.5. The van der Waals surface area contributed by atoms with Crippen LogP contribution in [0.15, 0.2) is 4.90 Å². The lowest BCUT2D eigenvalue weighted by Gasteiger charge is -2.45. The largest absolute Gasteiger partial charge is 0.492 e. The molecule has 4 aliphatic rings. The van der Waals surface area contributed by atoms with E-state index >= 15 is 0 Å². The molecule has 0 bridgehead atoms. The van der Waals surface area contributed by atoms with Gasteiger partial charge in [0.15, 0.2) is 30.4 Å². The molecule has 4 heterocycles. The van der Waals surface area contributed by atoms with Gasteiger partial charge in [-0.3, -0.25) is 9.63 Å². The van der Waals surface area contributed by atoms with Crippen LogP contribution in [0.3, 0.4) is 0 Å². The average Bonchev–Trinajstić information content (AvgIpc) is 3.22. The molecule has 0 aliphatic carbocycles. The van der Waals surface area contributed by atoms with Gasteiger partial charge in [0.2, 0.25) is 17.2 Å². The van der Waals surface area contributed by atoms with Crippen LogP contribution in [0.4, 0.5) is 0 Å². The summed E-state index contributed by atoms with van der Waals surface area (Å²) in [4.78, 5) is 20.7. The lowest BCUT2D eigenvalue weighted by Crippen LogP contribution is -2.64. The van der Waals surface area contributed by atoms with Crippen LogP contribution in [0.1, 0.15) is 56.5 Å². The third kappa shape index (κ3) is 10.7. The topological polar surface area (TPSA) is 233 Å². The molecule has 0 aromatic heterocycles. The first-order chi connectivity index (χ1) is 28.7. The summed E-state index contributed by atoms with van der Waals surface area (Å²) in [7, 11) is 7.26. The number of carbonyl (C=O) groups excluding carboxylic acids is 1. The van der Waals surface area contributed by atoms with E-state index in [1.807, 2.05) is 6.92 Å². The normalized spacial score (nSPS) is 38.7. The van der Waals surface area contributed by atoms with Gasteiger partial charge in [-0.05, 0) is 46.1 Å². The predicted molar refractivity (Wildman–Crippen MR) is 217 cm³/mol. The standard InChI is InChI=1S/C39H64N2O17S2/c1-12-40-20-15-52-23(14-22(20)47-6)56-32-28(44)26(17(3)54-39(32)51-10)41-58-24-13-21(42)36(19(5)53-24)60-37(46)25-16(2)35(59-11)34(33(50-9)30(25)48-7)57-38-29(45)31(49-8)27(43)18(4)55-38/h17-24,26-29,31-32,36,38-45H,12-15H2,1-11H3/t17-,18+,19-,20+,21+,22+,23+,24+,26-,27+,28+,29-,31-,32-,36-,38+,39-/m1/s1. The lowest BCUT2D eigenvalue weighted by molar-refractivity contribution is -0.330.